The van der Waals surface area contributed by atoms with Crippen molar-refractivity contribution in [1.29, 1.82) is 0 Å². The Labute approximate surface area is 150 Å². The van der Waals surface area contributed by atoms with Gasteiger partial charge in [0.25, 0.3) is 0 Å². The van der Waals surface area contributed by atoms with Crippen LogP contribution in [0.25, 0.3) is 11.4 Å². The van der Waals surface area contributed by atoms with Gasteiger partial charge in [-0.1, -0.05) is 43.2 Å². The second-order valence-corrected chi connectivity index (χ2v) is 6.35. The number of aromatic hydroxyl groups is 3. The number of carbonyl (C=O) groups is 1. The Morgan fingerprint density at radius 2 is 1.73 bits per heavy atom. The topological polar surface area (TPSA) is 108 Å². The minimum Gasteiger partial charge on any atom is -0.508 e. The Kier molecular flexibility index (Phi) is 4.62. The van der Waals surface area contributed by atoms with Crippen molar-refractivity contribution in [3.8, 4) is 28.9 Å². The van der Waals surface area contributed by atoms with E-state index in [1.165, 1.54) is 10.6 Å². The molecule has 0 atom stereocenters. The van der Waals surface area contributed by atoms with Crippen LogP contribution in [0.15, 0.2) is 36.4 Å². The van der Waals surface area contributed by atoms with E-state index in [0.717, 1.165) is 11.8 Å². The van der Waals surface area contributed by atoms with Crippen LogP contribution in [0.5, 0.6) is 17.5 Å². The summed E-state index contributed by atoms with van der Waals surface area (Å²) in [7, 11) is 0. The molecule has 1 aromatic heterocycles. The first-order valence-electron chi connectivity index (χ1n) is 8.13. The van der Waals surface area contributed by atoms with Crippen LogP contribution in [0.2, 0.25) is 0 Å². The maximum Gasteiger partial charge on any atom is 0.315 e. The van der Waals surface area contributed by atoms with Gasteiger partial charge in [-0.2, -0.15) is 0 Å². The van der Waals surface area contributed by atoms with Gasteiger partial charge in [-0.25, -0.2) is 0 Å². The number of carbonyl (C=O) groups excluding carboxylic acids is 1. The molecule has 7 nitrogen and oxygen atoms in total. The largest absolute Gasteiger partial charge is 0.508 e. The molecular formula is C19H19N3O4. The van der Waals surface area contributed by atoms with Crippen molar-refractivity contribution in [2.45, 2.75) is 26.3 Å². The average molecular weight is 353 g/mol. The summed E-state index contributed by atoms with van der Waals surface area (Å²) in [6.07, 6.45) is 0.757. The summed E-state index contributed by atoms with van der Waals surface area (Å²) in [6, 6.07) is 9.51. The first kappa shape index (κ1) is 17.5. The van der Waals surface area contributed by atoms with Crippen LogP contribution in [0.3, 0.4) is 0 Å². The molecule has 26 heavy (non-hydrogen) atoms. The first-order valence-corrected chi connectivity index (χ1v) is 8.13. The van der Waals surface area contributed by atoms with Gasteiger partial charge in [0.15, 0.2) is 5.82 Å². The SMILES string of the molecule is CC(C)c1cc(-c2nnc(O)n2Cc2ccc(C=O)cc2)c(O)cc1O. The third-order valence-corrected chi connectivity index (χ3v) is 4.20. The molecule has 0 radical (unpaired) electrons. The first-order chi connectivity index (χ1) is 12.4. The molecule has 0 fully saturated rings. The highest BCUT2D eigenvalue weighted by molar-refractivity contribution is 5.74. The highest BCUT2D eigenvalue weighted by Gasteiger charge is 2.20. The fraction of sp³-hybridized carbons (Fsp3) is 0.211. The fourth-order valence-corrected chi connectivity index (χ4v) is 2.76. The van der Waals surface area contributed by atoms with Crippen LogP contribution in [-0.2, 0) is 6.54 Å². The van der Waals surface area contributed by atoms with Gasteiger partial charge in [-0.05, 0) is 23.1 Å². The normalized spacial score (nSPS) is 11.0. The molecule has 1 heterocycles. The predicted octanol–water partition coefficient (Wildman–Crippen LogP) is 3.05. The minimum absolute atomic E-state index is 0.000916. The average Bonchev–Trinajstić information content (AvgIpc) is 2.96. The van der Waals surface area contributed by atoms with E-state index in [9.17, 15) is 20.1 Å². The second-order valence-electron chi connectivity index (χ2n) is 6.35. The molecule has 0 bridgehead atoms. The number of aldehydes is 1. The number of hydrogen-bond donors (Lipinski definition) is 3. The Bertz CT molecular complexity index is 946. The van der Waals surface area contributed by atoms with Gasteiger partial charge >= 0.3 is 6.01 Å². The molecule has 0 saturated heterocycles. The van der Waals surface area contributed by atoms with Crippen molar-refractivity contribution >= 4 is 6.29 Å². The molecule has 0 aliphatic heterocycles. The van der Waals surface area contributed by atoms with Crippen LogP contribution >= 0.6 is 0 Å². The van der Waals surface area contributed by atoms with E-state index in [1.807, 2.05) is 13.8 Å². The number of nitrogens with zero attached hydrogens (tertiary/aromatic N) is 3. The van der Waals surface area contributed by atoms with Crippen molar-refractivity contribution in [2.75, 3.05) is 0 Å². The third-order valence-electron chi connectivity index (χ3n) is 4.20. The van der Waals surface area contributed by atoms with Crippen molar-refractivity contribution in [3.05, 3.63) is 53.1 Å². The molecule has 3 rings (SSSR count). The lowest BCUT2D eigenvalue weighted by atomic mass is 9.98. The maximum absolute atomic E-state index is 10.8. The Morgan fingerprint density at radius 3 is 2.35 bits per heavy atom. The lowest BCUT2D eigenvalue weighted by Gasteiger charge is -2.13. The van der Waals surface area contributed by atoms with Gasteiger partial charge < -0.3 is 15.3 Å². The molecule has 0 unspecified atom stereocenters. The van der Waals surface area contributed by atoms with E-state index in [0.29, 0.717) is 16.7 Å². The Balaban J connectivity index is 2.05. The minimum atomic E-state index is -0.293. The van der Waals surface area contributed by atoms with Crippen molar-refractivity contribution < 1.29 is 20.1 Å². The lowest BCUT2D eigenvalue weighted by Crippen LogP contribution is -2.03. The number of phenols is 2. The van der Waals surface area contributed by atoms with E-state index in [4.69, 9.17) is 0 Å². The molecule has 3 aromatic rings. The fourth-order valence-electron chi connectivity index (χ4n) is 2.76. The van der Waals surface area contributed by atoms with Crippen LogP contribution in [0, 0.1) is 0 Å². The molecule has 0 spiro atoms. The van der Waals surface area contributed by atoms with E-state index >= 15 is 0 Å². The highest BCUT2D eigenvalue weighted by atomic mass is 16.3. The monoisotopic (exact) mass is 353 g/mol. The molecule has 0 aliphatic carbocycles. The smallest absolute Gasteiger partial charge is 0.315 e. The molecule has 0 saturated carbocycles. The van der Waals surface area contributed by atoms with Crippen LogP contribution in [-0.4, -0.2) is 36.4 Å². The molecule has 7 heteroatoms. The molecule has 0 amide bonds. The number of benzene rings is 2. The summed E-state index contributed by atoms with van der Waals surface area (Å²) in [5.41, 5.74) is 2.40. The molecular weight excluding hydrogens is 334 g/mol. The van der Waals surface area contributed by atoms with Crippen LogP contribution < -0.4 is 0 Å². The lowest BCUT2D eigenvalue weighted by molar-refractivity contribution is 0.112. The Hall–Kier alpha value is -3.35. The summed E-state index contributed by atoms with van der Waals surface area (Å²) in [5, 5.41) is 38.0. The molecule has 0 aliphatic rings. The van der Waals surface area contributed by atoms with E-state index in [1.54, 1.807) is 30.3 Å². The van der Waals surface area contributed by atoms with Crippen molar-refractivity contribution in [1.82, 2.24) is 14.8 Å². The number of rotatable bonds is 5. The molecule has 134 valence electrons. The third kappa shape index (κ3) is 3.23. The summed E-state index contributed by atoms with van der Waals surface area (Å²) in [5.74, 6) is 0.161. The summed E-state index contributed by atoms with van der Waals surface area (Å²) in [6.45, 7) is 4.10. The van der Waals surface area contributed by atoms with Gasteiger partial charge in [0.1, 0.15) is 17.8 Å². The van der Waals surface area contributed by atoms with E-state index in [-0.39, 0.29) is 35.8 Å². The number of hydrogen-bond acceptors (Lipinski definition) is 6. The number of phenolic OH excluding ortho intramolecular Hbond substituents is 2. The highest BCUT2D eigenvalue weighted by Crippen LogP contribution is 2.38. The summed E-state index contributed by atoms with van der Waals surface area (Å²) >= 11 is 0. The second kappa shape index (κ2) is 6.87. The van der Waals surface area contributed by atoms with Crippen molar-refractivity contribution in [2.24, 2.45) is 0 Å². The molecule has 3 N–H and O–H groups in total. The van der Waals surface area contributed by atoms with Crippen LogP contribution in [0.4, 0.5) is 0 Å². The predicted molar refractivity (Wildman–Crippen MR) is 95.5 cm³/mol. The molecule has 2 aromatic carbocycles. The van der Waals surface area contributed by atoms with Gasteiger partial charge in [0.2, 0.25) is 0 Å². The van der Waals surface area contributed by atoms with E-state index in [2.05, 4.69) is 10.2 Å². The van der Waals surface area contributed by atoms with Crippen LogP contribution in [0.1, 0.15) is 41.3 Å². The quantitative estimate of drug-likeness (QED) is 0.608. The number of aromatic nitrogens is 3. The van der Waals surface area contributed by atoms with Gasteiger partial charge in [0.05, 0.1) is 12.1 Å². The zero-order valence-corrected chi connectivity index (χ0v) is 14.4. The summed E-state index contributed by atoms with van der Waals surface area (Å²) < 4.78 is 1.45. The van der Waals surface area contributed by atoms with E-state index < -0.39 is 0 Å². The van der Waals surface area contributed by atoms with Gasteiger partial charge in [-0.15, -0.1) is 5.10 Å². The standard InChI is InChI=1S/C19H19N3O4/c1-11(2)14-7-15(17(25)8-16(14)24)18-20-21-19(26)22(18)9-12-3-5-13(10-23)6-4-12/h3-8,10-11,24-25H,9H2,1-2H3,(H,21,26). The maximum atomic E-state index is 10.8. The summed E-state index contributed by atoms with van der Waals surface area (Å²) in [4.78, 5) is 10.8. The zero-order chi connectivity index (χ0) is 18.8. The van der Waals surface area contributed by atoms with Gasteiger partial charge in [-0.3, -0.25) is 9.36 Å². The van der Waals surface area contributed by atoms with Gasteiger partial charge in [0, 0.05) is 11.6 Å². The zero-order valence-electron chi connectivity index (χ0n) is 14.4. The van der Waals surface area contributed by atoms with Crippen molar-refractivity contribution in [3.63, 3.8) is 0 Å². The Morgan fingerprint density at radius 1 is 1.04 bits per heavy atom.